The molecule has 15 heavy (non-hydrogen) atoms. The Morgan fingerprint density at radius 3 is 2.67 bits per heavy atom. The van der Waals surface area contributed by atoms with Gasteiger partial charge in [-0.2, -0.15) is 0 Å². The van der Waals surface area contributed by atoms with Crippen LogP contribution in [0.1, 0.15) is 47.0 Å². The van der Waals surface area contributed by atoms with Crippen molar-refractivity contribution in [3.8, 4) is 0 Å². The minimum atomic E-state index is 0.136. The maximum Gasteiger partial charge on any atom is 0.223 e. The molecule has 1 aliphatic rings. The molecule has 1 aliphatic heterocycles. The van der Waals surface area contributed by atoms with E-state index in [0.717, 1.165) is 19.3 Å². The SMILES string of the molecule is CCC(C)C(=O)NC1CCC(C)NC1C. The van der Waals surface area contributed by atoms with E-state index in [0.29, 0.717) is 18.1 Å². The van der Waals surface area contributed by atoms with E-state index in [-0.39, 0.29) is 11.8 Å². The third-order valence-corrected chi connectivity index (χ3v) is 3.45. The van der Waals surface area contributed by atoms with Crippen LogP contribution in [0.25, 0.3) is 0 Å². The molecule has 3 heteroatoms. The number of amides is 1. The van der Waals surface area contributed by atoms with Gasteiger partial charge in [-0.15, -0.1) is 0 Å². The number of carbonyl (C=O) groups excluding carboxylic acids is 1. The molecular formula is C12H24N2O. The van der Waals surface area contributed by atoms with E-state index in [9.17, 15) is 4.79 Å². The van der Waals surface area contributed by atoms with Crippen molar-refractivity contribution in [3.05, 3.63) is 0 Å². The molecule has 0 aromatic heterocycles. The molecule has 88 valence electrons. The molecule has 2 N–H and O–H groups in total. The van der Waals surface area contributed by atoms with Gasteiger partial charge >= 0.3 is 0 Å². The lowest BCUT2D eigenvalue weighted by Crippen LogP contribution is -2.55. The van der Waals surface area contributed by atoms with Crippen LogP contribution in [0, 0.1) is 5.92 Å². The second kappa shape index (κ2) is 5.50. The normalized spacial score (nSPS) is 33.5. The minimum Gasteiger partial charge on any atom is -0.352 e. The van der Waals surface area contributed by atoms with E-state index >= 15 is 0 Å². The first-order chi connectivity index (χ1) is 7.04. The van der Waals surface area contributed by atoms with Crippen molar-refractivity contribution in [3.63, 3.8) is 0 Å². The molecule has 0 aromatic carbocycles. The van der Waals surface area contributed by atoms with Gasteiger partial charge in [-0.25, -0.2) is 0 Å². The number of hydrogen-bond acceptors (Lipinski definition) is 2. The number of rotatable bonds is 3. The van der Waals surface area contributed by atoms with Crippen LogP contribution in [0.5, 0.6) is 0 Å². The van der Waals surface area contributed by atoms with Crippen LogP contribution in [-0.2, 0) is 4.79 Å². The highest BCUT2D eigenvalue weighted by Crippen LogP contribution is 2.14. The summed E-state index contributed by atoms with van der Waals surface area (Å²) in [5.41, 5.74) is 0. The molecule has 3 nitrogen and oxygen atoms in total. The van der Waals surface area contributed by atoms with Crippen LogP contribution < -0.4 is 10.6 Å². The molecule has 4 unspecified atom stereocenters. The number of hydrogen-bond donors (Lipinski definition) is 2. The lowest BCUT2D eigenvalue weighted by atomic mass is 9.94. The molecule has 1 fully saturated rings. The summed E-state index contributed by atoms with van der Waals surface area (Å²) in [6.07, 6.45) is 3.16. The first-order valence-corrected chi connectivity index (χ1v) is 6.11. The van der Waals surface area contributed by atoms with E-state index in [1.807, 2.05) is 6.92 Å². The summed E-state index contributed by atoms with van der Waals surface area (Å²) < 4.78 is 0. The summed E-state index contributed by atoms with van der Waals surface area (Å²) in [6.45, 7) is 8.38. The van der Waals surface area contributed by atoms with Crippen molar-refractivity contribution in [2.45, 2.75) is 65.1 Å². The third kappa shape index (κ3) is 3.49. The number of piperidine rings is 1. The predicted molar refractivity (Wildman–Crippen MR) is 62.7 cm³/mol. The standard InChI is InChI=1S/C12H24N2O/c1-5-8(2)12(15)14-11-7-6-9(3)13-10(11)4/h8-11,13H,5-7H2,1-4H3,(H,14,15). The summed E-state index contributed by atoms with van der Waals surface area (Å²) in [5, 5.41) is 6.62. The van der Waals surface area contributed by atoms with Crippen molar-refractivity contribution in [2.75, 3.05) is 0 Å². The van der Waals surface area contributed by atoms with Crippen molar-refractivity contribution in [1.29, 1.82) is 0 Å². The van der Waals surface area contributed by atoms with Gasteiger partial charge < -0.3 is 10.6 Å². The summed E-state index contributed by atoms with van der Waals surface area (Å²) in [6, 6.07) is 1.28. The van der Waals surface area contributed by atoms with E-state index < -0.39 is 0 Å². The fourth-order valence-corrected chi connectivity index (χ4v) is 2.04. The first kappa shape index (κ1) is 12.5. The van der Waals surface area contributed by atoms with Gasteiger partial charge in [-0.1, -0.05) is 13.8 Å². The summed E-state index contributed by atoms with van der Waals surface area (Å²) in [5.74, 6) is 0.335. The predicted octanol–water partition coefficient (Wildman–Crippen LogP) is 1.68. The minimum absolute atomic E-state index is 0.136. The van der Waals surface area contributed by atoms with Crippen LogP contribution in [0.4, 0.5) is 0 Å². The van der Waals surface area contributed by atoms with E-state index in [4.69, 9.17) is 0 Å². The molecule has 4 atom stereocenters. The van der Waals surface area contributed by atoms with Crippen molar-refractivity contribution in [2.24, 2.45) is 5.92 Å². The quantitative estimate of drug-likeness (QED) is 0.747. The van der Waals surface area contributed by atoms with Gasteiger partial charge in [0.1, 0.15) is 0 Å². The van der Waals surface area contributed by atoms with E-state index in [1.54, 1.807) is 0 Å². The van der Waals surface area contributed by atoms with E-state index in [2.05, 4.69) is 31.4 Å². The highest BCUT2D eigenvalue weighted by molar-refractivity contribution is 5.78. The van der Waals surface area contributed by atoms with Crippen LogP contribution in [0.3, 0.4) is 0 Å². The molecule has 0 bridgehead atoms. The number of carbonyl (C=O) groups is 1. The van der Waals surface area contributed by atoms with Crippen molar-refractivity contribution < 1.29 is 4.79 Å². The Morgan fingerprint density at radius 1 is 1.47 bits per heavy atom. The second-order valence-corrected chi connectivity index (χ2v) is 4.86. The Bertz CT molecular complexity index is 218. The molecule has 0 radical (unpaired) electrons. The van der Waals surface area contributed by atoms with Gasteiger partial charge in [0.05, 0.1) is 0 Å². The van der Waals surface area contributed by atoms with Gasteiger partial charge in [-0.05, 0) is 33.1 Å². The molecule has 0 aromatic rings. The molecule has 0 saturated carbocycles. The maximum absolute atomic E-state index is 11.7. The Balaban J connectivity index is 2.41. The zero-order chi connectivity index (χ0) is 11.4. The van der Waals surface area contributed by atoms with E-state index in [1.165, 1.54) is 0 Å². The molecular weight excluding hydrogens is 188 g/mol. The second-order valence-electron chi connectivity index (χ2n) is 4.86. The van der Waals surface area contributed by atoms with Gasteiger partial charge in [0, 0.05) is 24.0 Å². The fourth-order valence-electron chi connectivity index (χ4n) is 2.04. The third-order valence-electron chi connectivity index (χ3n) is 3.45. The van der Waals surface area contributed by atoms with Gasteiger partial charge in [-0.3, -0.25) is 4.79 Å². The number of nitrogens with one attached hydrogen (secondary N) is 2. The molecule has 1 rings (SSSR count). The maximum atomic E-state index is 11.7. The van der Waals surface area contributed by atoms with Crippen LogP contribution >= 0.6 is 0 Å². The Kier molecular flexibility index (Phi) is 4.58. The molecule has 1 heterocycles. The molecule has 0 aliphatic carbocycles. The zero-order valence-corrected chi connectivity index (χ0v) is 10.3. The van der Waals surface area contributed by atoms with Crippen molar-refractivity contribution >= 4 is 5.91 Å². The Hall–Kier alpha value is -0.570. The fraction of sp³-hybridized carbons (Fsp3) is 0.917. The summed E-state index contributed by atoms with van der Waals surface area (Å²) in [4.78, 5) is 11.7. The topological polar surface area (TPSA) is 41.1 Å². The largest absolute Gasteiger partial charge is 0.352 e. The highest BCUT2D eigenvalue weighted by Gasteiger charge is 2.26. The lowest BCUT2D eigenvalue weighted by molar-refractivity contribution is -0.125. The molecule has 1 amide bonds. The average molecular weight is 212 g/mol. The summed E-state index contributed by atoms with van der Waals surface area (Å²) in [7, 11) is 0. The zero-order valence-electron chi connectivity index (χ0n) is 10.3. The average Bonchev–Trinajstić information content (AvgIpc) is 2.20. The Labute approximate surface area is 93.0 Å². The molecule has 1 saturated heterocycles. The first-order valence-electron chi connectivity index (χ1n) is 6.11. The van der Waals surface area contributed by atoms with Crippen molar-refractivity contribution in [1.82, 2.24) is 10.6 Å². The Morgan fingerprint density at radius 2 is 2.13 bits per heavy atom. The molecule has 0 spiro atoms. The smallest absolute Gasteiger partial charge is 0.223 e. The van der Waals surface area contributed by atoms with Gasteiger partial charge in [0.15, 0.2) is 0 Å². The highest BCUT2D eigenvalue weighted by atomic mass is 16.1. The lowest BCUT2D eigenvalue weighted by Gasteiger charge is -2.35. The summed E-state index contributed by atoms with van der Waals surface area (Å²) >= 11 is 0. The van der Waals surface area contributed by atoms with Crippen LogP contribution in [0.15, 0.2) is 0 Å². The van der Waals surface area contributed by atoms with Gasteiger partial charge in [0.2, 0.25) is 5.91 Å². The van der Waals surface area contributed by atoms with Crippen LogP contribution in [-0.4, -0.2) is 24.0 Å². The van der Waals surface area contributed by atoms with Crippen LogP contribution in [0.2, 0.25) is 0 Å². The monoisotopic (exact) mass is 212 g/mol. The van der Waals surface area contributed by atoms with Gasteiger partial charge in [0.25, 0.3) is 0 Å².